The normalized spacial score (nSPS) is 11.0. The summed E-state index contributed by atoms with van der Waals surface area (Å²) >= 11 is 0. The van der Waals surface area contributed by atoms with Crippen molar-refractivity contribution >= 4 is 28.0 Å². The predicted octanol–water partition coefficient (Wildman–Crippen LogP) is 5.10. The van der Waals surface area contributed by atoms with E-state index in [1.807, 2.05) is 13.8 Å². The molecule has 0 fully saturated rings. The molecule has 0 saturated heterocycles. The molecule has 3 heteroatoms. The number of benzene rings is 2. The number of hydrogen-bond acceptors (Lipinski definition) is 3. The monoisotopic (exact) mass is 305 g/mol. The van der Waals surface area contributed by atoms with Crippen molar-refractivity contribution in [3.63, 3.8) is 0 Å². The van der Waals surface area contributed by atoms with Crippen LogP contribution in [0, 0.1) is 34.6 Å². The largest absolute Gasteiger partial charge is 0.398 e. The van der Waals surface area contributed by atoms with Gasteiger partial charge in [0.1, 0.15) is 0 Å². The van der Waals surface area contributed by atoms with Gasteiger partial charge in [0.15, 0.2) is 0 Å². The Labute approximate surface area is 137 Å². The van der Waals surface area contributed by atoms with Gasteiger partial charge in [0.05, 0.1) is 11.2 Å². The second-order valence-corrected chi connectivity index (χ2v) is 6.40. The maximum atomic E-state index is 6.37. The molecule has 3 nitrogen and oxygen atoms in total. The van der Waals surface area contributed by atoms with Crippen molar-refractivity contribution < 1.29 is 0 Å². The standard InChI is InChI=1S/C20H23N3/c1-11-6-7-16(12(2)8-11)23-17-10-15(5)22-20-14(4)9-13(3)19(21)18(17)20/h6-10H,21H2,1-5H3,(H,22,23). The lowest BCUT2D eigenvalue weighted by molar-refractivity contribution is 1.23. The third kappa shape index (κ3) is 2.74. The molecule has 0 saturated carbocycles. The molecule has 1 aromatic heterocycles. The number of aromatic nitrogens is 1. The molecule has 0 bridgehead atoms. The van der Waals surface area contributed by atoms with Crippen LogP contribution in [-0.4, -0.2) is 4.98 Å². The zero-order valence-electron chi connectivity index (χ0n) is 14.4. The number of pyridine rings is 1. The predicted molar refractivity (Wildman–Crippen MR) is 99.6 cm³/mol. The fourth-order valence-corrected chi connectivity index (χ4v) is 3.10. The highest BCUT2D eigenvalue weighted by molar-refractivity contribution is 6.04. The van der Waals surface area contributed by atoms with Crippen LogP contribution in [0.3, 0.4) is 0 Å². The molecule has 23 heavy (non-hydrogen) atoms. The number of aryl methyl sites for hydroxylation is 5. The Balaban J connectivity index is 2.24. The van der Waals surface area contributed by atoms with E-state index in [9.17, 15) is 0 Å². The Kier molecular flexibility index (Phi) is 3.72. The Hall–Kier alpha value is -2.55. The van der Waals surface area contributed by atoms with Crippen molar-refractivity contribution in [2.75, 3.05) is 11.1 Å². The van der Waals surface area contributed by atoms with Gasteiger partial charge in [0.2, 0.25) is 0 Å². The highest BCUT2D eigenvalue weighted by Gasteiger charge is 2.13. The van der Waals surface area contributed by atoms with Crippen molar-refractivity contribution in [2.45, 2.75) is 34.6 Å². The molecule has 2 aromatic carbocycles. The SMILES string of the molecule is Cc1ccc(Nc2cc(C)nc3c(C)cc(C)c(N)c23)c(C)c1. The summed E-state index contributed by atoms with van der Waals surface area (Å²) in [6.07, 6.45) is 0. The lowest BCUT2D eigenvalue weighted by Gasteiger charge is -2.17. The van der Waals surface area contributed by atoms with Gasteiger partial charge in [-0.05, 0) is 63.4 Å². The Morgan fingerprint density at radius 3 is 2.26 bits per heavy atom. The molecule has 118 valence electrons. The van der Waals surface area contributed by atoms with Crippen molar-refractivity contribution in [3.05, 3.63) is 58.3 Å². The summed E-state index contributed by atoms with van der Waals surface area (Å²) in [7, 11) is 0. The summed E-state index contributed by atoms with van der Waals surface area (Å²) in [5.74, 6) is 0. The summed E-state index contributed by atoms with van der Waals surface area (Å²) < 4.78 is 0. The van der Waals surface area contributed by atoms with E-state index in [1.54, 1.807) is 0 Å². The van der Waals surface area contributed by atoms with Crippen molar-refractivity contribution in [2.24, 2.45) is 0 Å². The maximum absolute atomic E-state index is 6.37. The molecule has 0 aliphatic rings. The molecule has 3 rings (SSSR count). The van der Waals surface area contributed by atoms with Crippen LogP contribution in [0.2, 0.25) is 0 Å². The molecule has 0 aliphatic carbocycles. The van der Waals surface area contributed by atoms with E-state index in [0.717, 1.165) is 44.8 Å². The van der Waals surface area contributed by atoms with Crippen LogP contribution in [-0.2, 0) is 0 Å². The summed E-state index contributed by atoms with van der Waals surface area (Å²) in [5, 5.41) is 4.57. The van der Waals surface area contributed by atoms with Gasteiger partial charge in [-0.3, -0.25) is 4.98 Å². The number of nitrogen functional groups attached to an aromatic ring is 1. The van der Waals surface area contributed by atoms with Crippen LogP contribution < -0.4 is 11.1 Å². The maximum Gasteiger partial charge on any atom is 0.0776 e. The number of nitrogens with zero attached hydrogens (tertiary/aromatic N) is 1. The third-order valence-corrected chi connectivity index (χ3v) is 4.30. The van der Waals surface area contributed by atoms with E-state index in [2.05, 4.69) is 56.4 Å². The van der Waals surface area contributed by atoms with E-state index in [4.69, 9.17) is 10.7 Å². The number of rotatable bonds is 2. The van der Waals surface area contributed by atoms with Crippen LogP contribution in [0.4, 0.5) is 17.1 Å². The smallest absolute Gasteiger partial charge is 0.0776 e. The number of anilines is 3. The third-order valence-electron chi connectivity index (χ3n) is 4.30. The highest BCUT2D eigenvalue weighted by atomic mass is 14.9. The van der Waals surface area contributed by atoms with E-state index < -0.39 is 0 Å². The zero-order valence-corrected chi connectivity index (χ0v) is 14.4. The first-order chi connectivity index (χ1) is 10.9. The van der Waals surface area contributed by atoms with E-state index in [-0.39, 0.29) is 0 Å². The number of hydrogen-bond donors (Lipinski definition) is 2. The van der Waals surface area contributed by atoms with Crippen LogP contribution in [0.1, 0.15) is 27.9 Å². The average molecular weight is 305 g/mol. The van der Waals surface area contributed by atoms with Gasteiger partial charge in [0.25, 0.3) is 0 Å². The van der Waals surface area contributed by atoms with Gasteiger partial charge in [0, 0.05) is 22.5 Å². The van der Waals surface area contributed by atoms with Gasteiger partial charge in [-0.2, -0.15) is 0 Å². The van der Waals surface area contributed by atoms with Crippen LogP contribution in [0.15, 0.2) is 30.3 Å². The van der Waals surface area contributed by atoms with Gasteiger partial charge >= 0.3 is 0 Å². The second-order valence-electron chi connectivity index (χ2n) is 6.40. The molecule has 3 N–H and O–H groups in total. The van der Waals surface area contributed by atoms with Crippen LogP contribution in [0.5, 0.6) is 0 Å². The van der Waals surface area contributed by atoms with Crippen molar-refractivity contribution in [1.82, 2.24) is 4.98 Å². The number of nitrogens with one attached hydrogen (secondary N) is 1. The molecule has 0 spiro atoms. The van der Waals surface area contributed by atoms with Crippen molar-refractivity contribution in [3.8, 4) is 0 Å². The summed E-state index contributed by atoms with van der Waals surface area (Å²) in [5.41, 5.74) is 16.0. The second kappa shape index (κ2) is 5.58. The minimum absolute atomic E-state index is 0.797. The molecule has 1 heterocycles. The average Bonchev–Trinajstić information content (AvgIpc) is 2.47. The molecule has 0 aliphatic heterocycles. The molecule has 0 radical (unpaired) electrons. The Morgan fingerprint density at radius 1 is 0.826 bits per heavy atom. The minimum atomic E-state index is 0.797. The quantitative estimate of drug-likeness (QED) is 0.647. The van der Waals surface area contributed by atoms with Gasteiger partial charge in [-0.1, -0.05) is 23.8 Å². The van der Waals surface area contributed by atoms with E-state index >= 15 is 0 Å². The summed E-state index contributed by atoms with van der Waals surface area (Å²) in [6, 6.07) is 10.6. The molecular formula is C20H23N3. The first-order valence-electron chi connectivity index (χ1n) is 7.88. The van der Waals surface area contributed by atoms with Crippen LogP contribution >= 0.6 is 0 Å². The Bertz CT molecular complexity index is 911. The molecule has 3 aromatic rings. The molecule has 0 amide bonds. The first kappa shape index (κ1) is 15.3. The fourth-order valence-electron chi connectivity index (χ4n) is 3.10. The van der Waals surface area contributed by atoms with Crippen molar-refractivity contribution in [1.29, 1.82) is 0 Å². The summed E-state index contributed by atoms with van der Waals surface area (Å²) in [4.78, 5) is 4.70. The number of nitrogens with two attached hydrogens (primary N) is 1. The topological polar surface area (TPSA) is 50.9 Å². The molecule has 0 atom stereocenters. The van der Waals surface area contributed by atoms with E-state index in [1.165, 1.54) is 11.1 Å². The lowest BCUT2D eigenvalue weighted by atomic mass is 10.0. The van der Waals surface area contributed by atoms with Crippen LogP contribution in [0.25, 0.3) is 10.9 Å². The fraction of sp³-hybridized carbons (Fsp3) is 0.250. The molecular weight excluding hydrogens is 282 g/mol. The van der Waals surface area contributed by atoms with Gasteiger partial charge in [-0.25, -0.2) is 0 Å². The van der Waals surface area contributed by atoms with E-state index in [0.29, 0.717) is 0 Å². The summed E-state index contributed by atoms with van der Waals surface area (Å²) in [6.45, 7) is 10.4. The Morgan fingerprint density at radius 2 is 1.57 bits per heavy atom. The molecule has 0 unspecified atom stereocenters. The number of fused-ring (bicyclic) bond motifs is 1. The van der Waals surface area contributed by atoms with Gasteiger partial charge in [-0.15, -0.1) is 0 Å². The lowest BCUT2D eigenvalue weighted by Crippen LogP contribution is -2.02. The first-order valence-corrected chi connectivity index (χ1v) is 7.88. The van der Waals surface area contributed by atoms with Gasteiger partial charge < -0.3 is 11.1 Å². The zero-order chi connectivity index (χ0) is 16.7. The minimum Gasteiger partial charge on any atom is -0.398 e. The highest BCUT2D eigenvalue weighted by Crippen LogP contribution is 2.35.